The van der Waals surface area contributed by atoms with Gasteiger partial charge in [-0.05, 0) is 86.1 Å². The highest BCUT2D eigenvalue weighted by molar-refractivity contribution is 6.30. The zero-order chi connectivity index (χ0) is 24.9. The largest absolute Gasteiger partial charge is 0.371 e. The van der Waals surface area contributed by atoms with E-state index in [2.05, 4.69) is 40.5 Å². The van der Waals surface area contributed by atoms with Gasteiger partial charge in [-0.2, -0.15) is 0 Å². The van der Waals surface area contributed by atoms with Crippen molar-refractivity contribution in [1.29, 1.82) is 0 Å². The summed E-state index contributed by atoms with van der Waals surface area (Å²) in [5.74, 6) is 0.483. The number of likely N-dealkylation sites (tertiary alicyclic amines) is 1. The van der Waals surface area contributed by atoms with Gasteiger partial charge in [-0.15, -0.1) is 0 Å². The van der Waals surface area contributed by atoms with E-state index in [9.17, 15) is 9.59 Å². The smallest absolute Gasteiger partial charge is 0.256 e. The minimum absolute atomic E-state index is 0.0523. The Hall–Kier alpha value is -3.31. The van der Waals surface area contributed by atoms with E-state index in [1.54, 1.807) is 24.3 Å². The second-order valence-electron chi connectivity index (χ2n) is 9.81. The van der Waals surface area contributed by atoms with Crippen LogP contribution in [-0.4, -0.2) is 42.9 Å². The first-order chi connectivity index (χ1) is 17.6. The number of hydrogen-bond acceptors (Lipinski definition) is 3. The molecule has 0 saturated carbocycles. The lowest BCUT2D eigenvalue weighted by Gasteiger charge is -2.35. The number of carbonyl (C=O) groups is 2. The number of hydrogen-bond donors (Lipinski definition) is 1. The van der Waals surface area contributed by atoms with Crippen molar-refractivity contribution in [2.45, 2.75) is 32.1 Å². The van der Waals surface area contributed by atoms with E-state index >= 15 is 0 Å². The molecule has 0 unspecified atom stereocenters. The average Bonchev–Trinajstić information content (AvgIpc) is 3.45. The number of anilines is 2. The van der Waals surface area contributed by atoms with Crippen LogP contribution in [0.3, 0.4) is 0 Å². The molecule has 6 heteroatoms. The number of piperidine rings is 1. The molecule has 2 aliphatic heterocycles. The van der Waals surface area contributed by atoms with Crippen molar-refractivity contribution in [2.75, 3.05) is 36.4 Å². The minimum Gasteiger partial charge on any atom is -0.371 e. The quantitative estimate of drug-likeness (QED) is 0.432. The van der Waals surface area contributed by atoms with Crippen molar-refractivity contribution in [3.05, 3.63) is 94.5 Å². The standard InChI is InChI=1S/C30H32ClN3O2/c31-25-10-8-24(9-11-25)29(35)32-26-12-13-28(27(21-26)30(36)34-16-4-5-17-34)33-18-14-23(15-19-33)20-22-6-2-1-3-7-22/h1-3,6-13,21,23H,4-5,14-20H2,(H,32,35). The van der Waals surface area contributed by atoms with E-state index in [0.717, 1.165) is 64.0 Å². The van der Waals surface area contributed by atoms with E-state index < -0.39 is 0 Å². The zero-order valence-electron chi connectivity index (χ0n) is 20.5. The van der Waals surface area contributed by atoms with Gasteiger partial charge in [0.2, 0.25) is 0 Å². The summed E-state index contributed by atoms with van der Waals surface area (Å²) in [5.41, 5.74) is 4.18. The summed E-state index contributed by atoms with van der Waals surface area (Å²) in [5, 5.41) is 3.54. The van der Waals surface area contributed by atoms with Crippen LogP contribution in [0, 0.1) is 5.92 Å². The summed E-state index contributed by atoms with van der Waals surface area (Å²) in [6.45, 7) is 3.43. The number of amides is 2. The number of rotatable bonds is 6. The second-order valence-corrected chi connectivity index (χ2v) is 10.2. The molecule has 2 heterocycles. The molecule has 1 N–H and O–H groups in total. The average molecular weight is 502 g/mol. The Morgan fingerprint density at radius 2 is 1.56 bits per heavy atom. The topological polar surface area (TPSA) is 52.7 Å². The Labute approximate surface area is 218 Å². The van der Waals surface area contributed by atoms with Crippen LogP contribution in [0.15, 0.2) is 72.8 Å². The fraction of sp³-hybridized carbons (Fsp3) is 0.333. The lowest BCUT2D eigenvalue weighted by molar-refractivity contribution is 0.0793. The molecular formula is C30H32ClN3O2. The van der Waals surface area contributed by atoms with Crippen LogP contribution in [0.4, 0.5) is 11.4 Å². The molecule has 2 fully saturated rings. The van der Waals surface area contributed by atoms with E-state index in [1.807, 2.05) is 23.1 Å². The lowest BCUT2D eigenvalue weighted by Crippen LogP contribution is -2.36. The fourth-order valence-electron chi connectivity index (χ4n) is 5.28. The van der Waals surface area contributed by atoms with Crippen molar-refractivity contribution >= 4 is 34.8 Å². The monoisotopic (exact) mass is 501 g/mol. The molecule has 2 amide bonds. The van der Waals surface area contributed by atoms with Crippen molar-refractivity contribution in [3.63, 3.8) is 0 Å². The summed E-state index contributed by atoms with van der Waals surface area (Å²) in [6, 6.07) is 23.2. The molecule has 3 aromatic carbocycles. The highest BCUT2D eigenvalue weighted by atomic mass is 35.5. The lowest BCUT2D eigenvalue weighted by atomic mass is 9.89. The SMILES string of the molecule is O=C(Nc1ccc(N2CCC(Cc3ccccc3)CC2)c(C(=O)N2CCCC2)c1)c1ccc(Cl)cc1. The van der Waals surface area contributed by atoms with Crippen molar-refractivity contribution < 1.29 is 9.59 Å². The summed E-state index contributed by atoms with van der Waals surface area (Å²) in [6.07, 6.45) is 5.38. The third-order valence-corrected chi connectivity index (χ3v) is 7.56. The number of nitrogens with zero attached hydrogens (tertiary/aromatic N) is 2. The summed E-state index contributed by atoms with van der Waals surface area (Å²) < 4.78 is 0. The van der Waals surface area contributed by atoms with Gasteiger partial charge in [0, 0.05) is 48.1 Å². The Morgan fingerprint density at radius 3 is 2.25 bits per heavy atom. The van der Waals surface area contributed by atoms with Gasteiger partial charge >= 0.3 is 0 Å². The molecule has 186 valence electrons. The Morgan fingerprint density at radius 1 is 0.861 bits per heavy atom. The maximum Gasteiger partial charge on any atom is 0.256 e. The molecule has 0 aliphatic carbocycles. The van der Waals surface area contributed by atoms with Gasteiger partial charge in [0.1, 0.15) is 0 Å². The molecule has 0 spiro atoms. The van der Waals surface area contributed by atoms with Crippen molar-refractivity contribution in [3.8, 4) is 0 Å². The highest BCUT2D eigenvalue weighted by Crippen LogP contribution is 2.31. The zero-order valence-corrected chi connectivity index (χ0v) is 21.2. The molecule has 36 heavy (non-hydrogen) atoms. The Balaban J connectivity index is 1.33. The summed E-state index contributed by atoms with van der Waals surface area (Å²) in [7, 11) is 0. The van der Waals surface area contributed by atoms with Crippen LogP contribution in [-0.2, 0) is 6.42 Å². The molecule has 0 atom stereocenters. The highest BCUT2D eigenvalue weighted by Gasteiger charge is 2.27. The van der Waals surface area contributed by atoms with Crippen LogP contribution in [0.25, 0.3) is 0 Å². The van der Waals surface area contributed by atoms with Crippen LogP contribution < -0.4 is 10.2 Å². The normalized spacial score (nSPS) is 16.2. The molecule has 0 radical (unpaired) electrons. The maximum atomic E-state index is 13.5. The molecule has 5 rings (SSSR count). The van der Waals surface area contributed by atoms with E-state index in [-0.39, 0.29) is 11.8 Å². The fourth-order valence-corrected chi connectivity index (χ4v) is 5.41. The third kappa shape index (κ3) is 5.73. The van der Waals surface area contributed by atoms with Gasteiger partial charge in [0.15, 0.2) is 0 Å². The van der Waals surface area contributed by atoms with E-state index in [4.69, 9.17) is 11.6 Å². The van der Waals surface area contributed by atoms with Crippen molar-refractivity contribution in [2.24, 2.45) is 5.92 Å². The number of nitrogens with one attached hydrogen (secondary N) is 1. The third-order valence-electron chi connectivity index (χ3n) is 7.31. The van der Waals surface area contributed by atoms with Crippen LogP contribution >= 0.6 is 11.6 Å². The Bertz CT molecular complexity index is 1200. The minimum atomic E-state index is -0.222. The molecule has 3 aromatic rings. The molecule has 0 bridgehead atoms. The van der Waals surface area contributed by atoms with Gasteiger partial charge in [-0.3, -0.25) is 9.59 Å². The number of benzene rings is 3. The summed E-state index contributed by atoms with van der Waals surface area (Å²) in [4.78, 5) is 30.6. The maximum absolute atomic E-state index is 13.5. The van der Waals surface area contributed by atoms with E-state index in [1.165, 1.54) is 5.56 Å². The Kier molecular flexibility index (Phi) is 7.57. The summed E-state index contributed by atoms with van der Waals surface area (Å²) >= 11 is 5.96. The first-order valence-corrected chi connectivity index (χ1v) is 13.2. The predicted molar refractivity (Wildman–Crippen MR) is 146 cm³/mol. The number of halogens is 1. The van der Waals surface area contributed by atoms with Gasteiger partial charge < -0.3 is 15.1 Å². The molecular weight excluding hydrogens is 470 g/mol. The second kappa shape index (κ2) is 11.2. The molecule has 5 nitrogen and oxygen atoms in total. The molecule has 2 saturated heterocycles. The van der Waals surface area contributed by atoms with Gasteiger partial charge in [0.25, 0.3) is 11.8 Å². The first-order valence-electron chi connectivity index (χ1n) is 12.9. The van der Waals surface area contributed by atoms with Crippen LogP contribution in [0.5, 0.6) is 0 Å². The first kappa shape index (κ1) is 24.4. The predicted octanol–water partition coefficient (Wildman–Crippen LogP) is 6.29. The van der Waals surface area contributed by atoms with Crippen molar-refractivity contribution in [1.82, 2.24) is 4.90 Å². The van der Waals surface area contributed by atoms with Crippen LogP contribution in [0.2, 0.25) is 5.02 Å². The van der Waals surface area contributed by atoms with Gasteiger partial charge in [-0.25, -0.2) is 0 Å². The molecule has 0 aromatic heterocycles. The van der Waals surface area contributed by atoms with Gasteiger partial charge in [-0.1, -0.05) is 41.9 Å². The van der Waals surface area contributed by atoms with Crippen LogP contribution in [0.1, 0.15) is 52.0 Å². The molecule has 2 aliphatic rings. The van der Waals surface area contributed by atoms with Gasteiger partial charge in [0.05, 0.1) is 5.56 Å². The van der Waals surface area contributed by atoms with E-state index in [0.29, 0.717) is 27.8 Å². The number of carbonyl (C=O) groups excluding carboxylic acids is 2.